The van der Waals surface area contributed by atoms with Gasteiger partial charge in [0.25, 0.3) is 0 Å². The van der Waals surface area contributed by atoms with Crippen LogP contribution in [0.5, 0.6) is 0 Å². The Morgan fingerprint density at radius 2 is 2.00 bits per heavy atom. The van der Waals surface area contributed by atoms with E-state index in [1.165, 1.54) is 5.54 Å². The van der Waals surface area contributed by atoms with E-state index in [1.807, 2.05) is 0 Å². The molecule has 1 aromatic carbocycles. The highest BCUT2D eigenvalue weighted by atomic mass is 35.5. The van der Waals surface area contributed by atoms with Crippen molar-refractivity contribution in [2.45, 2.75) is 0 Å². The summed E-state index contributed by atoms with van der Waals surface area (Å²) in [6.45, 7) is 0. The Balaban J connectivity index is 3.01. The molecule has 0 saturated carbocycles. The van der Waals surface area contributed by atoms with Crippen LogP contribution < -0.4 is 5.54 Å². The topological polar surface area (TPSA) is 12.0 Å². The summed E-state index contributed by atoms with van der Waals surface area (Å²) in [6, 6.07) is 6.61. The van der Waals surface area contributed by atoms with Gasteiger partial charge in [0.15, 0.2) is 0 Å². The lowest BCUT2D eigenvalue weighted by Gasteiger charge is -1.95. The van der Waals surface area contributed by atoms with Crippen molar-refractivity contribution in [3.63, 3.8) is 0 Å². The van der Waals surface area contributed by atoms with Crippen molar-refractivity contribution >= 4 is 17.3 Å². The lowest BCUT2D eigenvalue weighted by Crippen LogP contribution is -1.80. The first-order chi connectivity index (χ1) is 4.34. The minimum Gasteiger partial charge on any atom is -0.223 e. The molecule has 0 saturated heterocycles. The van der Waals surface area contributed by atoms with E-state index in [0.29, 0.717) is 10.7 Å². The third-order valence-electron chi connectivity index (χ3n) is 0.976. The molecule has 1 rings (SSSR count). The van der Waals surface area contributed by atoms with Crippen LogP contribution >= 0.6 is 11.6 Å². The first-order valence-electron chi connectivity index (χ1n) is 2.46. The number of hydrogen-bond acceptors (Lipinski definition) is 1. The SMILES string of the molecule is FNc1ccccc1Cl. The minimum absolute atomic E-state index is 0.305. The molecule has 0 aliphatic carbocycles. The van der Waals surface area contributed by atoms with Crippen molar-refractivity contribution in [2.24, 2.45) is 0 Å². The molecule has 0 radical (unpaired) electrons. The van der Waals surface area contributed by atoms with E-state index in [0.717, 1.165) is 0 Å². The molecule has 9 heavy (non-hydrogen) atoms. The highest BCUT2D eigenvalue weighted by Crippen LogP contribution is 2.19. The van der Waals surface area contributed by atoms with Gasteiger partial charge in [-0.2, -0.15) is 0 Å². The summed E-state index contributed by atoms with van der Waals surface area (Å²) in [5.41, 5.74) is 1.77. The number of para-hydroxylation sites is 1. The van der Waals surface area contributed by atoms with Gasteiger partial charge in [0.1, 0.15) is 0 Å². The second-order valence-corrected chi connectivity index (χ2v) is 1.98. The van der Waals surface area contributed by atoms with Crippen molar-refractivity contribution in [1.82, 2.24) is 0 Å². The van der Waals surface area contributed by atoms with Gasteiger partial charge in [-0.15, -0.1) is 4.48 Å². The number of halogens is 2. The van der Waals surface area contributed by atoms with Crippen molar-refractivity contribution in [3.8, 4) is 0 Å². The first-order valence-corrected chi connectivity index (χ1v) is 2.83. The van der Waals surface area contributed by atoms with Gasteiger partial charge in [-0.25, -0.2) is 5.54 Å². The summed E-state index contributed by atoms with van der Waals surface area (Å²) in [4.78, 5) is 0. The molecule has 0 heterocycles. The van der Waals surface area contributed by atoms with Gasteiger partial charge in [0, 0.05) is 0 Å². The van der Waals surface area contributed by atoms with Crippen LogP contribution in [0.3, 0.4) is 0 Å². The molecule has 1 N–H and O–H groups in total. The van der Waals surface area contributed by atoms with Crippen molar-refractivity contribution in [1.29, 1.82) is 0 Å². The van der Waals surface area contributed by atoms with Gasteiger partial charge in [0.2, 0.25) is 0 Å². The van der Waals surface area contributed by atoms with Gasteiger partial charge >= 0.3 is 0 Å². The zero-order valence-corrected chi connectivity index (χ0v) is 5.32. The van der Waals surface area contributed by atoms with Gasteiger partial charge in [-0.3, -0.25) is 0 Å². The standard InChI is InChI=1S/C6H5ClFN/c7-5-3-1-2-4-6(5)9-8/h1-4,9H. The van der Waals surface area contributed by atoms with Crippen LogP contribution in [0.15, 0.2) is 24.3 Å². The summed E-state index contributed by atoms with van der Waals surface area (Å²) < 4.78 is 11.7. The number of rotatable bonds is 1. The van der Waals surface area contributed by atoms with Crippen molar-refractivity contribution in [2.75, 3.05) is 5.54 Å². The smallest absolute Gasteiger partial charge is 0.0841 e. The predicted octanol–water partition coefficient (Wildman–Crippen LogP) is 2.64. The molecule has 1 aromatic rings. The maximum absolute atomic E-state index is 11.7. The van der Waals surface area contributed by atoms with Crippen LogP contribution in [0.4, 0.5) is 10.2 Å². The molecule has 0 aromatic heterocycles. The normalized spacial score (nSPS) is 9.11. The zero-order chi connectivity index (χ0) is 6.69. The largest absolute Gasteiger partial charge is 0.223 e. The molecule has 0 aliphatic heterocycles. The molecule has 48 valence electrons. The number of anilines is 1. The number of hydrogen-bond donors (Lipinski definition) is 1. The van der Waals surface area contributed by atoms with E-state index in [9.17, 15) is 4.48 Å². The van der Waals surface area contributed by atoms with Crippen LogP contribution in [0.2, 0.25) is 5.02 Å². The van der Waals surface area contributed by atoms with E-state index in [-0.39, 0.29) is 0 Å². The Kier molecular flexibility index (Phi) is 1.90. The third-order valence-corrected chi connectivity index (χ3v) is 1.31. The quantitative estimate of drug-likeness (QED) is 0.599. The van der Waals surface area contributed by atoms with E-state index in [4.69, 9.17) is 11.6 Å². The molecule has 0 amide bonds. The Hall–Kier alpha value is -0.760. The Labute approximate surface area is 57.4 Å². The Morgan fingerprint density at radius 3 is 2.44 bits per heavy atom. The molecule has 1 nitrogen and oxygen atoms in total. The summed E-state index contributed by atoms with van der Waals surface area (Å²) in [7, 11) is 0. The van der Waals surface area contributed by atoms with Crippen LogP contribution in [0.1, 0.15) is 0 Å². The summed E-state index contributed by atoms with van der Waals surface area (Å²) in [6.07, 6.45) is 0. The lowest BCUT2D eigenvalue weighted by molar-refractivity contribution is 0.618. The molecule has 0 unspecified atom stereocenters. The third kappa shape index (κ3) is 1.33. The van der Waals surface area contributed by atoms with E-state index >= 15 is 0 Å². The molecular weight excluding hydrogens is 141 g/mol. The van der Waals surface area contributed by atoms with Gasteiger partial charge in [-0.05, 0) is 12.1 Å². The van der Waals surface area contributed by atoms with E-state index < -0.39 is 0 Å². The fourth-order valence-electron chi connectivity index (χ4n) is 0.538. The molecular formula is C6H5ClFN. The molecule has 0 spiro atoms. The number of benzene rings is 1. The molecule has 0 atom stereocenters. The molecule has 0 aliphatic rings. The van der Waals surface area contributed by atoms with Crippen LogP contribution in [-0.4, -0.2) is 0 Å². The van der Waals surface area contributed by atoms with Gasteiger partial charge in [-0.1, -0.05) is 23.7 Å². The fourth-order valence-corrected chi connectivity index (χ4v) is 0.709. The van der Waals surface area contributed by atoms with Crippen molar-refractivity contribution in [3.05, 3.63) is 29.3 Å². The highest BCUT2D eigenvalue weighted by molar-refractivity contribution is 6.33. The second kappa shape index (κ2) is 2.69. The zero-order valence-electron chi connectivity index (χ0n) is 4.57. The van der Waals surface area contributed by atoms with Gasteiger partial charge in [0.05, 0.1) is 10.7 Å². The van der Waals surface area contributed by atoms with Crippen LogP contribution in [0.25, 0.3) is 0 Å². The van der Waals surface area contributed by atoms with E-state index in [2.05, 4.69) is 0 Å². The average molecular weight is 146 g/mol. The average Bonchev–Trinajstić information content (AvgIpc) is 1.89. The summed E-state index contributed by atoms with van der Waals surface area (Å²) in [5, 5.41) is 0.389. The lowest BCUT2D eigenvalue weighted by atomic mass is 10.3. The highest BCUT2D eigenvalue weighted by Gasteiger charge is 1.93. The van der Waals surface area contributed by atoms with E-state index in [1.54, 1.807) is 24.3 Å². The summed E-state index contributed by atoms with van der Waals surface area (Å²) in [5.74, 6) is 0. The Morgan fingerprint density at radius 1 is 1.33 bits per heavy atom. The monoisotopic (exact) mass is 145 g/mol. The van der Waals surface area contributed by atoms with Gasteiger partial charge < -0.3 is 0 Å². The maximum Gasteiger partial charge on any atom is 0.0841 e. The first kappa shape index (κ1) is 6.36. The summed E-state index contributed by atoms with van der Waals surface area (Å²) >= 11 is 5.52. The minimum atomic E-state index is 0.305. The molecule has 0 fully saturated rings. The number of nitrogens with one attached hydrogen (secondary N) is 1. The van der Waals surface area contributed by atoms with Crippen molar-refractivity contribution < 1.29 is 4.48 Å². The van der Waals surface area contributed by atoms with Crippen LogP contribution in [0, 0.1) is 0 Å². The van der Waals surface area contributed by atoms with Crippen LogP contribution in [-0.2, 0) is 0 Å². The maximum atomic E-state index is 11.7. The molecule has 0 bridgehead atoms. The Bertz CT molecular complexity index is 202. The second-order valence-electron chi connectivity index (χ2n) is 1.57. The predicted molar refractivity (Wildman–Crippen MR) is 36.2 cm³/mol. The molecule has 3 heteroatoms. The fraction of sp³-hybridized carbons (Fsp3) is 0.